The number of nitrogens with zero attached hydrogens (tertiary/aromatic N) is 4. The molecule has 0 radical (unpaired) electrons. The predicted molar refractivity (Wildman–Crippen MR) is 93.5 cm³/mol. The van der Waals surface area contributed by atoms with Crippen molar-refractivity contribution in [3.05, 3.63) is 42.9 Å². The van der Waals surface area contributed by atoms with Gasteiger partial charge in [-0.15, -0.1) is 0 Å². The first kappa shape index (κ1) is 19.7. The molecular formula is C16H14F3N5O3S. The Hall–Kier alpha value is -3.02. The van der Waals surface area contributed by atoms with Crippen LogP contribution in [0.5, 0.6) is 0 Å². The number of hydrogen-bond donors (Lipinski definition) is 1. The highest BCUT2D eigenvalue weighted by Gasteiger charge is 2.44. The summed E-state index contributed by atoms with van der Waals surface area (Å²) in [5.41, 5.74) is 0.437. The Balaban J connectivity index is 1.65. The number of amides is 2. The average molecular weight is 413 g/mol. The molecular weight excluding hydrogens is 399 g/mol. The molecule has 1 aliphatic rings. The van der Waals surface area contributed by atoms with Crippen molar-refractivity contribution in [2.45, 2.75) is 11.1 Å². The lowest BCUT2D eigenvalue weighted by Crippen LogP contribution is -2.55. The second-order valence-corrected chi connectivity index (χ2v) is 6.94. The second kappa shape index (κ2) is 7.92. The van der Waals surface area contributed by atoms with Gasteiger partial charge in [-0.25, -0.2) is 14.2 Å². The summed E-state index contributed by atoms with van der Waals surface area (Å²) in [5.74, 6) is -2.28. The highest BCUT2D eigenvalue weighted by Crippen LogP contribution is 2.23. The number of aromatic nitrogens is 2. The Morgan fingerprint density at radius 2 is 1.86 bits per heavy atom. The van der Waals surface area contributed by atoms with Crippen LogP contribution in [0.2, 0.25) is 0 Å². The smallest absolute Gasteiger partial charge is 0.324 e. The van der Waals surface area contributed by atoms with Crippen molar-refractivity contribution in [2.75, 3.05) is 29.3 Å². The Morgan fingerprint density at radius 1 is 1.14 bits per heavy atom. The maximum Gasteiger partial charge on any atom is 0.471 e. The van der Waals surface area contributed by atoms with Crippen molar-refractivity contribution in [2.24, 2.45) is 0 Å². The van der Waals surface area contributed by atoms with E-state index in [-0.39, 0.29) is 13.1 Å². The third-order valence-electron chi connectivity index (χ3n) is 3.89. The summed E-state index contributed by atoms with van der Waals surface area (Å²) in [6.07, 6.45) is -2.22. The molecule has 1 fully saturated rings. The molecule has 1 saturated heterocycles. The van der Waals surface area contributed by atoms with Crippen LogP contribution in [-0.2, 0) is 20.6 Å². The van der Waals surface area contributed by atoms with Crippen LogP contribution in [0.1, 0.15) is 0 Å². The standard InChI is InChI=1S/C16H14F3N5O3S/c17-16(18,19)15(26)23-7-8-24(14(25)9-23)11-1-3-12(4-2-11)28(27)22-13-5-6-20-10-21-13/h1-6,10H,7-9H2,(H,20,21,22). The van der Waals surface area contributed by atoms with E-state index in [1.54, 1.807) is 6.07 Å². The van der Waals surface area contributed by atoms with Gasteiger partial charge >= 0.3 is 12.1 Å². The summed E-state index contributed by atoms with van der Waals surface area (Å²) in [5, 5.41) is 0. The van der Waals surface area contributed by atoms with Crippen LogP contribution in [-0.4, -0.2) is 56.7 Å². The molecule has 1 unspecified atom stereocenters. The SMILES string of the molecule is O=C1CN(C(=O)C(F)(F)F)CCN1c1ccc(S(=O)Nc2ccncn2)cc1. The topological polar surface area (TPSA) is 95.5 Å². The third-order valence-corrected chi connectivity index (χ3v) is 4.99. The zero-order chi connectivity index (χ0) is 20.3. The molecule has 28 heavy (non-hydrogen) atoms. The van der Waals surface area contributed by atoms with Crippen molar-refractivity contribution in [3.63, 3.8) is 0 Å². The average Bonchev–Trinajstić information content (AvgIpc) is 2.67. The van der Waals surface area contributed by atoms with E-state index in [2.05, 4.69) is 14.7 Å². The maximum absolute atomic E-state index is 12.5. The van der Waals surface area contributed by atoms with Gasteiger partial charge in [0, 0.05) is 25.0 Å². The summed E-state index contributed by atoms with van der Waals surface area (Å²) < 4.78 is 52.5. The van der Waals surface area contributed by atoms with Gasteiger partial charge in [0.05, 0.1) is 4.90 Å². The fourth-order valence-corrected chi connectivity index (χ4v) is 3.37. The van der Waals surface area contributed by atoms with Crippen molar-refractivity contribution < 1.29 is 27.0 Å². The molecule has 2 heterocycles. The van der Waals surface area contributed by atoms with Gasteiger partial charge in [0.25, 0.3) is 0 Å². The van der Waals surface area contributed by atoms with E-state index in [4.69, 9.17) is 0 Å². The first-order chi connectivity index (χ1) is 13.3. The molecule has 2 aromatic rings. The Labute approximate surface area is 160 Å². The first-order valence-electron chi connectivity index (χ1n) is 7.96. The third kappa shape index (κ3) is 4.44. The van der Waals surface area contributed by atoms with E-state index in [1.807, 2.05) is 0 Å². The lowest BCUT2D eigenvalue weighted by Gasteiger charge is -2.34. The number of carbonyl (C=O) groups excluding carboxylic acids is 2. The number of alkyl halides is 3. The number of anilines is 2. The second-order valence-electron chi connectivity index (χ2n) is 5.73. The van der Waals surface area contributed by atoms with E-state index in [9.17, 15) is 27.0 Å². The molecule has 1 aromatic heterocycles. The molecule has 1 atom stereocenters. The van der Waals surface area contributed by atoms with E-state index in [0.29, 0.717) is 21.3 Å². The summed E-state index contributed by atoms with van der Waals surface area (Å²) >= 11 is 0. The molecule has 1 aromatic carbocycles. The van der Waals surface area contributed by atoms with Gasteiger partial charge in [0.1, 0.15) is 18.7 Å². The van der Waals surface area contributed by atoms with Gasteiger partial charge in [-0.05, 0) is 30.3 Å². The molecule has 0 saturated carbocycles. The van der Waals surface area contributed by atoms with Crippen LogP contribution in [0.4, 0.5) is 24.7 Å². The van der Waals surface area contributed by atoms with Crippen molar-refractivity contribution >= 4 is 34.3 Å². The van der Waals surface area contributed by atoms with E-state index < -0.39 is 35.5 Å². The largest absolute Gasteiger partial charge is 0.471 e. The van der Waals surface area contributed by atoms with E-state index in [1.165, 1.54) is 41.7 Å². The highest BCUT2D eigenvalue weighted by molar-refractivity contribution is 7.86. The zero-order valence-electron chi connectivity index (χ0n) is 14.2. The number of piperazine rings is 1. The summed E-state index contributed by atoms with van der Waals surface area (Å²) in [6, 6.07) is 7.68. The molecule has 8 nitrogen and oxygen atoms in total. The summed E-state index contributed by atoms with van der Waals surface area (Å²) in [4.78, 5) is 33.3. The van der Waals surface area contributed by atoms with Crippen LogP contribution >= 0.6 is 0 Å². The number of carbonyl (C=O) groups is 2. The van der Waals surface area contributed by atoms with Crippen LogP contribution in [0.15, 0.2) is 47.8 Å². The molecule has 0 bridgehead atoms. The molecule has 0 aliphatic carbocycles. The van der Waals surface area contributed by atoms with Gasteiger partial charge in [-0.3, -0.25) is 14.3 Å². The Bertz CT molecular complexity index is 893. The molecule has 148 valence electrons. The number of benzene rings is 1. The fraction of sp³-hybridized carbons (Fsp3) is 0.250. The number of hydrogen-bond acceptors (Lipinski definition) is 5. The minimum atomic E-state index is -5.01. The first-order valence-corrected chi connectivity index (χ1v) is 9.11. The molecule has 1 N–H and O–H groups in total. The minimum Gasteiger partial charge on any atom is -0.324 e. The normalized spacial score (nSPS) is 16.0. The van der Waals surface area contributed by atoms with Crippen LogP contribution in [0.25, 0.3) is 0 Å². The van der Waals surface area contributed by atoms with E-state index >= 15 is 0 Å². The monoisotopic (exact) mass is 413 g/mol. The summed E-state index contributed by atoms with van der Waals surface area (Å²) in [7, 11) is -1.60. The van der Waals surface area contributed by atoms with E-state index in [0.717, 1.165) is 0 Å². The molecule has 3 rings (SSSR count). The number of rotatable bonds is 4. The number of halogens is 3. The van der Waals surface area contributed by atoms with Crippen molar-refractivity contribution in [1.82, 2.24) is 14.9 Å². The van der Waals surface area contributed by atoms with Crippen molar-refractivity contribution in [1.29, 1.82) is 0 Å². The quantitative estimate of drug-likeness (QED) is 0.817. The lowest BCUT2D eigenvalue weighted by molar-refractivity contribution is -0.186. The molecule has 1 aliphatic heterocycles. The highest BCUT2D eigenvalue weighted by atomic mass is 32.2. The van der Waals surface area contributed by atoms with Crippen molar-refractivity contribution in [3.8, 4) is 0 Å². The van der Waals surface area contributed by atoms with Crippen LogP contribution in [0, 0.1) is 0 Å². The van der Waals surface area contributed by atoms with Gasteiger partial charge in [-0.2, -0.15) is 13.2 Å². The molecule has 12 heteroatoms. The molecule has 0 spiro atoms. The summed E-state index contributed by atoms with van der Waals surface area (Å²) in [6.45, 7) is -0.948. The van der Waals surface area contributed by atoms with Crippen LogP contribution in [0.3, 0.4) is 0 Å². The van der Waals surface area contributed by atoms with Gasteiger partial charge in [-0.1, -0.05) is 0 Å². The maximum atomic E-state index is 12.5. The zero-order valence-corrected chi connectivity index (χ0v) is 15.0. The predicted octanol–water partition coefficient (Wildman–Crippen LogP) is 1.35. The van der Waals surface area contributed by atoms with Gasteiger partial charge in [0.2, 0.25) is 5.91 Å². The van der Waals surface area contributed by atoms with Gasteiger partial charge < -0.3 is 9.80 Å². The minimum absolute atomic E-state index is 0.0672. The Morgan fingerprint density at radius 3 is 2.43 bits per heavy atom. The Kier molecular flexibility index (Phi) is 5.58. The van der Waals surface area contributed by atoms with Gasteiger partial charge in [0.15, 0.2) is 11.0 Å². The molecule has 2 amide bonds. The van der Waals surface area contributed by atoms with Crippen LogP contribution < -0.4 is 9.62 Å². The fourth-order valence-electron chi connectivity index (χ4n) is 2.55. The number of nitrogens with one attached hydrogen (secondary N) is 1. The lowest BCUT2D eigenvalue weighted by atomic mass is 10.2.